The first-order valence-electron chi connectivity index (χ1n) is 7.47. The van der Waals surface area contributed by atoms with Gasteiger partial charge in [-0.2, -0.15) is 0 Å². The minimum atomic E-state index is 0.0157. The number of hydrogen-bond acceptors (Lipinski definition) is 7. The Labute approximate surface area is 137 Å². The molecular formula is C14H19N5OS2. The maximum atomic E-state index is 12.3. The molecule has 1 amide bonds. The highest BCUT2D eigenvalue weighted by Crippen LogP contribution is 2.21. The van der Waals surface area contributed by atoms with Crippen molar-refractivity contribution in [2.24, 2.45) is 5.92 Å². The zero-order chi connectivity index (χ0) is 15.4. The van der Waals surface area contributed by atoms with Crippen LogP contribution in [0.25, 0.3) is 0 Å². The van der Waals surface area contributed by atoms with Crippen LogP contribution in [-0.4, -0.2) is 39.1 Å². The molecule has 0 radical (unpaired) electrons. The van der Waals surface area contributed by atoms with E-state index in [0.717, 1.165) is 44.6 Å². The summed E-state index contributed by atoms with van der Waals surface area (Å²) in [5.74, 6) is 0.0657. The third-order valence-corrected chi connectivity index (χ3v) is 5.40. The topological polar surface area (TPSA) is 71.0 Å². The highest BCUT2D eigenvalue weighted by Gasteiger charge is 2.26. The zero-order valence-corrected chi connectivity index (χ0v) is 14.1. The lowest BCUT2D eigenvalue weighted by Gasteiger charge is -2.31. The molecule has 118 valence electrons. The van der Waals surface area contributed by atoms with Gasteiger partial charge < -0.3 is 5.32 Å². The van der Waals surface area contributed by atoms with E-state index in [2.05, 4.69) is 37.7 Å². The standard InChI is InChI=1S/C14H19N5OS2/c1-2-12-16-11(8-21-12)7-19-5-3-4-10(6-19)13(20)17-14-18-15-9-22-14/h8-10H,2-7H2,1H3,(H,17,18,20)/t10-/m0/s1. The molecule has 0 saturated carbocycles. The van der Waals surface area contributed by atoms with Gasteiger partial charge in [0.2, 0.25) is 11.0 Å². The Morgan fingerprint density at radius 3 is 3.14 bits per heavy atom. The first-order valence-corrected chi connectivity index (χ1v) is 9.23. The lowest BCUT2D eigenvalue weighted by atomic mass is 9.97. The van der Waals surface area contributed by atoms with E-state index in [1.807, 2.05) is 0 Å². The molecule has 0 bridgehead atoms. The number of piperidine rings is 1. The largest absolute Gasteiger partial charge is 0.300 e. The Bertz CT molecular complexity index is 613. The number of hydrogen-bond donors (Lipinski definition) is 1. The molecule has 2 aromatic heterocycles. The van der Waals surface area contributed by atoms with Crippen LogP contribution in [-0.2, 0) is 17.8 Å². The normalized spacial score (nSPS) is 19.2. The summed E-state index contributed by atoms with van der Waals surface area (Å²) in [6.07, 6.45) is 2.95. The third-order valence-electron chi connectivity index (χ3n) is 3.75. The number of carbonyl (C=O) groups is 1. The van der Waals surface area contributed by atoms with Crippen LogP contribution in [0.5, 0.6) is 0 Å². The van der Waals surface area contributed by atoms with E-state index >= 15 is 0 Å². The molecule has 3 rings (SSSR count). The van der Waals surface area contributed by atoms with Gasteiger partial charge in [-0.25, -0.2) is 4.98 Å². The van der Waals surface area contributed by atoms with Crippen molar-refractivity contribution in [1.29, 1.82) is 0 Å². The second-order valence-electron chi connectivity index (χ2n) is 5.39. The Morgan fingerprint density at radius 1 is 1.50 bits per heavy atom. The summed E-state index contributed by atoms with van der Waals surface area (Å²) in [5.41, 5.74) is 2.74. The fourth-order valence-corrected chi connectivity index (χ4v) is 3.85. The van der Waals surface area contributed by atoms with Crippen LogP contribution < -0.4 is 5.32 Å². The number of rotatable bonds is 5. The first-order chi connectivity index (χ1) is 10.7. The molecule has 0 unspecified atom stereocenters. The van der Waals surface area contributed by atoms with Crippen LogP contribution in [0.15, 0.2) is 10.9 Å². The highest BCUT2D eigenvalue weighted by atomic mass is 32.1. The molecule has 0 aliphatic carbocycles. The van der Waals surface area contributed by atoms with Gasteiger partial charge in [0.1, 0.15) is 5.51 Å². The van der Waals surface area contributed by atoms with E-state index in [0.29, 0.717) is 5.13 Å². The van der Waals surface area contributed by atoms with Crippen LogP contribution in [0.2, 0.25) is 0 Å². The second-order valence-corrected chi connectivity index (χ2v) is 7.17. The van der Waals surface area contributed by atoms with Crippen LogP contribution in [0.4, 0.5) is 5.13 Å². The van der Waals surface area contributed by atoms with Crippen molar-refractivity contribution in [3.05, 3.63) is 21.6 Å². The molecule has 22 heavy (non-hydrogen) atoms. The molecule has 3 heterocycles. The minimum absolute atomic E-state index is 0.0157. The van der Waals surface area contributed by atoms with Crippen LogP contribution in [0, 0.1) is 5.92 Å². The molecule has 0 aromatic carbocycles. The predicted molar refractivity (Wildman–Crippen MR) is 88.0 cm³/mol. The van der Waals surface area contributed by atoms with Gasteiger partial charge in [-0.15, -0.1) is 21.5 Å². The minimum Gasteiger partial charge on any atom is -0.300 e. The fourth-order valence-electron chi connectivity index (χ4n) is 2.66. The summed E-state index contributed by atoms with van der Waals surface area (Å²) in [7, 11) is 0. The summed E-state index contributed by atoms with van der Waals surface area (Å²) >= 11 is 3.06. The smallest absolute Gasteiger partial charge is 0.230 e. The fraction of sp³-hybridized carbons (Fsp3) is 0.571. The summed E-state index contributed by atoms with van der Waals surface area (Å²) in [6.45, 7) is 4.77. The van der Waals surface area contributed by atoms with Crippen molar-refractivity contribution < 1.29 is 4.79 Å². The number of anilines is 1. The van der Waals surface area contributed by atoms with Gasteiger partial charge >= 0.3 is 0 Å². The Balaban J connectivity index is 1.55. The summed E-state index contributed by atoms with van der Waals surface area (Å²) < 4.78 is 0. The molecule has 8 heteroatoms. The van der Waals surface area contributed by atoms with Crippen molar-refractivity contribution in [2.75, 3.05) is 18.4 Å². The molecule has 1 fully saturated rings. The molecular weight excluding hydrogens is 318 g/mol. The number of likely N-dealkylation sites (tertiary alicyclic amines) is 1. The molecule has 6 nitrogen and oxygen atoms in total. The maximum absolute atomic E-state index is 12.3. The van der Waals surface area contributed by atoms with E-state index < -0.39 is 0 Å². The molecule has 1 aliphatic heterocycles. The second kappa shape index (κ2) is 7.26. The van der Waals surface area contributed by atoms with Crippen LogP contribution >= 0.6 is 22.7 Å². The molecule has 0 spiro atoms. The monoisotopic (exact) mass is 337 g/mol. The van der Waals surface area contributed by atoms with E-state index in [4.69, 9.17) is 0 Å². The molecule has 1 saturated heterocycles. The number of aromatic nitrogens is 3. The van der Waals surface area contributed by atoms with E-state index in [9.17, 15) is 4.79 Å². The van der Waals surface area contributed by atoms with Crippen molar-refractivity contribution in [1.82, 2.24) is 20.1 Å². The molecule has 1 N–H and O–H groups in total. The number of amides is 1. The van der Waals surface area contributed by atoms with Crippen molar-refractivity contribution in [2.45, 2.75) is 32.7 Å². The summed E-state index contributed by atoms with van der Waals surface area (Å²) in [4.78, 5) is 19.2. The molecule has 1 atom stereocenters. The van der Waals surface area contributed by atoms with Gasteiger partial charge in [-0.1, -0.05) is 18.3 Å². The molecule has 1 aliphatic rings. The number of thiazole rings is 1. The van der Waals surface area contributed by atoms with Gasteiger partial charge in [-0.05, 0) is 25.8 Å². The number of nitrogens with zero attached hydrogens (tertiary/aromatic N) is 4. The van der Waals surface area contributed by atoms with Crippen LogP contribution in [0.1, 0.15) is 30.5 Å². The average molecular weight is 337 g/mol. The zero-order valence-electron chi connectivity index (χ0n) is 12.5. The van der Waals surface area contributed by atoms with Gasteiger partial charge in [-0.3, -0.25) is 9.69 Å². The summed E-state index contributed by atoms with van der Waals surface area (Å²) in [6, 6.07) is 0. The first kappa shape index (κ1) is 15.5. The highest BCUT2D eigenvalue weighted by molar-refractivity contribution is 7.13. The lowest BCUT2D eigenvalue weighted by Crippen LogP contribution is -2.40. The quantitative estimate of drug-likeness (QED) is 0.907. The Hall–Kier alpha value is -1.38. The number of carbonyl (C=O) groups excluding carboxylic acids is 1. The molecule has 2 aromatic rings. The summed E-state index contributed by atoms with van der Waals surface area (Å²) in [5, 5.41) is 14.3. The van der Waals surface area contributed by atoms with Gasteiger partial charge in [0.15, 0.2) is 0 Å². The number of aryl methyl sites for hydroxylation is 1. The third kappa shape index (κ3) is 3.88. The van der Waals surface area contributed by atoms with Crippen molar-refractivity contribution in [3.63, 3.8) is 0 Å². The van der Waals surface area contributed by atoms with E-state index in [-0.39, 0.29) is 11.8 Å². The van der Waals surface area contributed by atoms with Gasteiger partial charge in [0.05, 0.1) is 16.6 Å². The Morgan fingerprint density at radius 2 is 2.41 bits per heavy atom. The van der Waals surface area contributed by atoms with Gasteiger partial charge in [0.25, 0.3) is 0 Å². The van der Waals surface area contributed by atoms with Gasteiger partial charge in [0, 0.05) is 18.5 Å². The van der Waals surface area contributed by atoms with Crippen molar-refractivity contribution >= 4 is 33.7 Å². The van der Waals surface area contributed by atoms with E-state index in [1.54, 1.807) is 16.8 Å². The number of nitrogens with one attached hydrogen (secondary N) is 1. The van der Waals surface area contributed by atoms with Crippen LogP contribution in [0.3, 0.4) is 0 Å². The van der Waals surface area contributed by atoms with Crippen molar-refractivity contribution in [3.8, 4) is 0 Å². The Kier molecular flexibility index (Phi) is 5.12. The maximum Gasteiger partial charge on any atom is 0.230 e. The van der Waals surface area contributed by atoms with E-state index in [1.165, 1.54) is 16.3 Å². The SMILES string of the molecule is CCc1nc(CN2CCC[C@H](C(=O)Nc3nncs3)C2)cs1. The lowest BCUT2D eigenvalue weighted by molar-refractivity contribution is -0.121. The predicted octanol–water partition coefficient (Wildman–Crippen LogP) is 2.41. The average Bonchev–Trinajstić information content (AvgIpc) is 3.19.